The number of esters is 3. The molecule has 0 saturated heterocycles. The van der Waals surface area contributed by atoms with Crippen molar-refractivity contribution in [1.82, 2.24) is 0 Å². The van der Waals surface area contributed by atoms with Crippen LogP contribution in [0.2, 0.25) is 0 Å². The Morgan fingerprint density at radius 3 is 0.899 bits per heavy atom. The molecule has 0 aromatic heterocycles. The molecule has 0 radical (unpaired) electrons. The van der Waals surface area contributed by atoms with Crippen molar-refractivity contribution in [2.24, 2.45) is 0 Å². The Hall–Kier alpha value is -3.93. The van der Waals surface area contributed by atoms with Gasteiger partial charge in [0, 0.05) is 19.3 Å². The van der Waals surface area contributed by atoms with E-state index in [0.29, 0.717) is 19.3 Å². The molecular weight excluding hydrogens is 853 g/mol. The van der Waals surface area contributed by atoms with Gasteiger partial charge in [0.25, 0.3) is 0 Å². The molecule has 0 aromatic carbocycles. The third kappa shape index (κ3) is 54.9. The van der Waals surface area contributed by atoms with Gasteiger partial charge < -0.3 is 14.2 Å². The van der Waals surface area contributed by atoms with Crippen molar-refractivity contribution >= 4 is 17.9 Å². The van der Waals surface area contributed by atoms with E-state index in [0.717, 1.165) is 135 Å². The third-order valence-electron chi connectivity index (χ3n) is 11.7. The normalized spacial score (nSPS) is 12.9. The van der Waals surface area contributed by atoms with Crippen molar-refractivity contribution in [3.63, 3.8) is 0 Å². The SMILES string of the molecule is CC/C=C\C/C=C\C/C=C\C/C=C\C/C=C\CCCCCC(=O)OC[C@H](COC(=O)CCCCCCCCC/C=C\C/C=C\CCCCC)OC(=O)CCCCCCC/C=C\C/C=C\CCCCC. The number of hydrogen-bond donors (Lipinski definition) is 0. The first-order chi connectivity index (χ1) is 34.0. The van der Waals surface area contributed by atoms with Crippen molar-refractivity contribution in [3.05, 3.63) is 109 Å². The molecule has 0 aliphatic rings. The van der Waals surface area contributed by atoms with Gasteiger partial charge in [0.05, 0.1) is 0 Å². The standard InChI is InChI=1S/C63H104O6/c1-4-7-10-13-16-19-22-25-28-30-31-33-36-38-41-44-47-50-53-56-62(65)68-59-60(69-63(66)57-54-51-48-45-42-39-34-27-24-21-18-15-12-9-6-3)58-67-61(64)55-52-49-46-43-40-37-35-32-29-26-23-20-17-14-11-8-5-2/h7,10,16-21,25-29,31,33-34,38,41,60H,4-6,8-9,11-15,22-24,30,32,35-37,39-40,42-59H2,1-3H3/b10-7-,19-16-,20-17-,21-18-,28-25-,29-26-,33-31-,34-27-,41-38-/t60-/m0/s1. The van der Waals surface area contributed by atoms with Crippen LogP contribution in [-0.2, 0) is 28.6 Å². The van der Waals surface area contributed by atoms with E-state index < -0.39 is 6.10 Å². The van der Waals surface area contributed by atoms with Gasteiger partial charge in [-0.1, -0.05) is 214 Å². The Morgan fingerprint density at radius 1 is 0.304 bits per heavy atom. The first-order valence-electron chi connectivity index (χ1n) is 28.4. The number of hydrogen-bond acceptors (Lipinski definition) is 6. The largest absolute Gasteiger partial charge is 0.462 e. The minimum Gasteiger partial charge on any atom is -0.462 e. The van der Waals surface area contributed by atoms with Crippen molar-refractivity contribution in [2.45, 2.75) is 258 Å². The summed E-state index contributed by atoms with van der Waals surface area (Å²) in [6, 6.07) is 0. The fourth-order valence-electron chi connectivity index (χ4n) is 7.47. The molecule has 0 N–H and O–H groups in total. The van der Waals surface area contributed by atoms with E-state index in [4.69, 9.17) is 14.2 Å². The molecule has 0 fully saturated rings. The second-order valence-electron chi connectivity index (χ2n) is 18.5. The second kappa shape index (κ2) is 56.7. The van der Waals surface area contributed by atoms with Gasteiger partial charge in [-0.2, -0.15) is 0 Å². The van der Waals surface area contributed by atoms with E-state index in [1.807, 2.05) is 0 Å². The first-order valence-corrected chi connectivity index (χ1v) is 28.4. The molecule has 0 aliphatic heterocycles. The van der Waals surface area contributed by atoms with E-state index in [-0.39, 0.29) is 31.1 Å². The van der Waals surface area contributed by atoms with Crippen molar-refractivity contribution < 1.29 is 28.6 Å². The summed E-state index contributed by atoms with van der Waals surface area (Å²) in [5.41, 5.74) is 0. The molecular formula is C63H104O6. The van der Waals surface area contributed by atoms with Gasteiger partial charge in [0.1, 0.15) is 13.2 Å². The second-order valence-corrected chi connectivity index (χ2v) is 18.5. The molecule has 0 unspecified atom stereocenters. The molecule has 69 heavy (non-hydrogen) atoms. The van der Waals surface area contributed by atoms with Gasteiger partial charge in [-0.05, 0) is 128 Å². The molecule has 6 nitrogen and oxygen atoms in total. The van der Waals surface area contributed by atoms with E-state index in [1.165, 1.54) is 77.0 Å². The highest BCUT2D eigenvalue weighted by atomic mass is 16.6. The predicted octanol–water partition coefficient (Wildman–Crippen LogP) is 19.1. The van der Waals surface area contributed by atoms with Gasteiger partial charge in [0.2, 0.25) is 0 Å². The highest BCUT2D eigenvalue weighted by Crippen LogP contribution is 2.14. The molecule has 0 spiro atoms. The predicted molar refractivity (Wildman–Crippen MR) is 297 cm³/mol. The number of allylic oxidation sites excluding steroid dienone is 18. The van der Waals surface area contributed by atoms with E-state index in [9.17, 15) is 14.4 Å². The average Bonchev–Trinajstić information content (AvgIpc) is 3.35. The average molecular weight is 958 g/mol. The van der Waals surface area contributed by atoms with Crippen LogP contribution in [0.3, 0.4) is 0 Å². The monoisotopic (exact) mass is 957 g/mol. The highest BCUT2D eigenvalue weighted by molar-refractivity contribution is 5.71. The Kier molecular flexibility index (Phi) is 53.4. The summed E-state index contributed by atoms with van der Waals surface area (Å²) in [5.74, 6) is -0.955. The molecule has 6 heteroatoms. The van der Waals surface area contributed by atoms with Gasteiger partial charge in [-0.25, -0.2) is 0 Å². The maximum absolute atomic E-state index is 12.8. The van der Waals surface area contributed by atoms with E-state index in [2.05, 4.69) is 130 Å². The van der Waals surface area contributed by atoms with Crippen LogP contribution >= 0.6 is 0 Å². The highest BCUT2D eigenvalue weighted by Gasteiger charge is 2.19. The Balaban J connectivity index is 4.49. The Morgan fingerprint density at radius 2 is 0.565 bits per heavy atom. The van der Waals surface area contributed by atoms with Crippen LogP contribution in [-0.4, -0.2) is 37.2 Å². The summed E-state index contributed by atoms with van der Waals surface area (Å²) >= 11 is 0. The van der Waals surface area contributed by atoms with Crippen LogP contribution in [0.1, 0.15) is 252 Å². The van der Waals surface area contributed by atoms with Crippen molar-refractivity contribution in [3.8, 4) is 0 Å². The van der Waals surface area contributed by atoms with Crippen LogP contribution in [0, 0.1) is 0 Å². The smallest absolute Gasteiger partial charge is 0.306 e. The molecule has 0 bridgehead atoms. The molecule has 0 rings (SSSR count). The Bertz CT molecular complexity index is 1420. The molecule has 1 atom stereocenters. The Labute approximate surface area is 425 Å². The van der Waals surface area contributed by atoms with Crippen molar-refractivity contribution in [1.29, 1.82) is 0 Å². The molecule has 0 aliphatic carbocycles. The molecule has 392 valence electrons. The maximum atomic E-state index is 12.8. The van der Waals surface area contributed by atoms with Crippen LogP contribution in [0.25, 0.3) is 0 Å². The molecule has 0 saturated carbocycles. The molecule has 0 amide bonds. The van der Waals surface area contributed by atoms with Gasteiger partial charge >= 0.3 is 17.9 Å². The summed E-state index contributed by atoms with van der Waals surface area (Å²) in [7, 11) is 0. The summed E-state index contributed by atoms with van der Waals surface area (Å²) in [4.78, 5) is 38.2. The van der Waals surface area contributed by atoms with E-state index in [1.54, 1.807) is 0 Å². The summed E-state index contributed by atoms with van der Waals surface area (Å²) in [6.07, 6.45) is 76.4. The topological polar surface area (TPSA) is 78.9 Å². The zero-order valence-corrected chi connectivity index (χ0v) is 44.8. The summed E-state index contributed by atoms with van der Waals surface area (Å²) < 4.78 is 16.8. The van der Waals surface area contributed by atoms with Crippen molar-refractivity contribution in [2.75, 3.05) is 13.2 Å². The van der Waals surface area contributed by atoms with Gasteiger partial charge in [0.15, 0.2) is 6.10 Å². The zero-order chi connectivity index (χ0) is 50.0. The zero-order valence-electron chi connectivity index (χ0n) is 44.8. The lowest BCUT2D eigenvalue weighted by Gasteiger charge is -2.18. The maximum Gasteiger partial charge on any atom is 0.306 e. The van der Waals surface area contributed by atoms with Crippen LogP contribution in [0.15, 0.2) is 109 Å². The van der Waals surface area contributed by atoms with Crippen LogP contribution < -0.4 is 0 Å². The number of rotatable bonds is 50. The number of carbonyl (C=O) groups is 3. The fourth-order valence-corrected chi connectivity index (χ4v) is 7.47. The van der Waals surface area contributed by atoms with Gasteiger partial charge in [-0.3, -0.25) is 14.4 Å². The molecule has 0 aromatic rings. The van der Waals surface area contributed by atoms with Gasteiger partial charge in [-0.15, -0.1) is 0 Å². The van der Waals surface area contributed by atoms with Crippen LogP contribution in [0.4, 0.5) is 0 Å². The number of ether oxygens (including phenoxy) is 3. The fraction of sp³-hybridized carbons (Fsp3) is 0.667. The summed E-state index contributed by atoms with van der Waals surface area (Å²) in [5, 5.41) is 0. The summed E-state index contributed by atoms with van der Waals surface area (Å²) in [6.45, 7) is 6.43. The lowest BCUT2D eigenvalue weighted by molar-refractivity contribution is -0.167. The minimum absolute atomic E-state index is 0.100. The quantitative estimate of drug-likeness (QED) is 0.0262. The molecule has 0 heterocycles. The number of carbonyl (C=O) groups excluding carboxylic acids is 3. The van der Waals surface area contributed by atoms with E-state index >= 15 is 0 Å². The van der Waals surface area contributed by atoms with Crippen LogP contribution in [0.5, 0.6) is 0 Å². The lowest BCUT2D eigenvalue weighted by Crippen LogP contribution is -2.30. The lowest BCUT2D eigenvalue weighted by atomic mass is 10.1. The minimum atomic E-state index is -0.805. The number of unbranched alkanes of at least 4 members (excludes halogenated alkanes) is 21. The third-order valence-corrected chi connectivity index (χ3v) is 11.7. The first kappa shape index (κ1) is 65.1.